The van der Waals surface area contributed by atoms with Crippen LogP contribution in [0.2, 0.25) is 0 Å². The summed E-state index contributed by atoms with van der Waals surface area (Å²) in [7, 11) is 0. The molecule has 0 aliphatic carbocycles. The van der Waals surface area contributed by atoms with Crippen LogP contribution in [0.25, 0.3) is 0 Å². The summed E-state index contributed by atoms with van der Waals surface area (Å²) in [5.41, 5.74) is 3.39. The van der Waals surface area contributed by atoms with Crippen LogP contribution in [0.5, 0.6) is 0 Å². The Labute approximate surface area is 127 Å². The summed E-state index contributed by atoms with van der Waals surface area (Å²) in [6.07, 6.45) is 4.46. The molecule has 0 aromatic heterocycles. The molecule has 2 atom stereocenters. The monoisotopic (exact) mass is 286 g/mol. The van der Waals surface area contributed by atoms with Crippen molar-refractivity contribution in [1.29, 1.82) is 0 Å². The SMILES string of the molecule is CCC(C(=O)c1ccc2c(c1)CCN2)N1CCCC(C)C1. The van der Waals surface area contributed by atoms with Crippen molar-refractivity contribution in [1.82, 2.24) is 4.90 Å². The number of nitrogens with zero attached hydrogens (tertiary/aromatic N) is 1. The van der Waals surface area contributed by atoms with E-state index >= 15 is 0 Å². The quantitative estimate of drug-likeness (QED) is 0.862. The van der Waals surface area contributed by atoms with E-state index in [1.807, 2.05) is 6.07 Å². The predicted molar refractivity (Wildman–Crippen MR) is 87.0 cm³/mol. The molecule has 0 radical (unpaired) electrons. The van der Waals surface area contributed by atoms with Gasteiger partial charge in [0.25, 0.3) is 0 Å². The van der Waals surface area contributed by atoms with Crippen LogP contribution in [0, 0.1) is 5.92 Å². The third kappa shape index (κ3) is 2.98. The number of benzene rings is 1. The van der Waals surface area contributed by atoms with Gasteiger partial charge in [0.1, 0.15) is 0 Å². The molecule has 2 aliphatic heterocycles. The fraction of sp³-hybridized carbons (Fsp3) is 0.611. The van der Waals surface area contributed by atoms with E-state index in [4.69, 9.17) is 0 Å². The van der Waals surface area contributed by atoms with Gasteiger partial charge in [0.05, 0.1) is 6.04 Å². The molecule has 3 heteroatoms. The number of nitrogens with one attached hydrogen (secondary N) is 1. The first-order valence-electron chi connectivity index (χ1n) is 8.34. The number of rotatable bonds is 4. The minimum Gasteiger partial charge on any atom is -0.384 e. The lowest BCUT2D eigenvalue weighted by molar-refractivity contribution is 0.0727. The van der Waals surface area contributed by atoms with Crippen LogP contribution in [-0.2, 0) is 6.42 Å². The zero-order valence-electron chi connectivity index (χ0n) is 13.2. The molecule has 0 bridgehead atoms. The van der Waals surface area contributed by atoms with Gasteiger partial charge in [-0.1, -0.05) is 13.8 Å². The van der Waals surface area contributed by atoms with Crippen molar-refractivity contribution in [3.8, 4) is 0 Å². The third-order valence-corrected chi connectivity index (χ3v) is 4.92. The molecular weight excluding hydrogens is 260 g/mol. The van der Waals surface area contributed by atoms with E-state index < -0.39 is 0 Å². The van der Waals surface area contributed by atoms with Crippen molar-refractivity contribution in [2.24, 2.45) is 5.92 Å². The third-order valence-electron chi connectivity index (χ3n) is 4.92. The standard InChI is InChI=1S/C18H26N2O/c1-3-17(20-10-4-5-13(2)12-20)18(21)15-6-7-16-14(11-15)8-9-19-16/h6-7,11,13,17,19H,3-5,8-10,12H2,1-2H3. The van der Waals surface area contributed by atoms with Crippen molar-refractivity contribution >= 4 is 11.5 Å². The second kappa shape index (κ2) is 6.18. The number of ketones is 1. The predicted octanol–water partition coefficient (Wildman–Crippen LogP) is 3.35. The molecule has 21 heavy (non-hydrogen) atoms. The summed E-state index contributed by atoms with van der Waals surface area (Å²) in [6.45, 7) is 7.56. The van der Waals surface area contributed by atoms with E-state index in [1.165, 1.54) is 24.1 Å². The van der Waals surface area contributed by atoms with E-state index in [9.17, 15) is 4.79 Å². The van der Waals surface area contributed by atoms with Gasteiger partial charge in [-0.05, 0) is 61.9 Å². The molecule has 0 saturated carbocycles. The molecule has 0 amide bonds. The average Bonchev–Trinajstić information content (AvgIpc) is 2.95. The summed E-state index contributed by atoms with van der Waals surface area (Å²) in [5, 5.41) is 3.36. The van der Waals surface area contributed by atoms with Crippen molar-refractivity contribution in [2.45, 2.75) is 45.6 Å². The Morgan fingerprint density at radius 2 is 2.33 bits per heavy atom. The summed E-state index contributed by atoms with van der Waals surface area (Å²) < 4.78 is 0. The number of anilines is 1. The average molecular weight is 286 g/mol. The molecule has 1 saturated heterocycles. The Kier molecular flexibility index (Phi) is 4.29. The summed E-state index contributed by atoms with van der Waals surface area (Å²) in [4.78, 5) is 15.3. The fourth-order valence-electron chi connectivity index (χ4n) is 3.77. The molecule has 114 valence electrons. The van der Waals surface area contributed by atoms with Gasteiger partial charge in [0, 0.05) is 24.3 Å². The van der Waals surface area contributed by atoms with Crippen molar-refractivity contribution in [3.63, 3.8) is 0 Å². The van der Waals surface area contributed by atoms with E-state index in [0.717, 1.165) is 38.0 Å². The minimum absolute atomic E-state index is 0.0557. The Morgan fingerprint density at radius 1 is 1.48 bits per heavy atom. The van der Waals surface area contributed by atoms with Crippen LogP contribution < -0.4 is 5.32 Å². The Balaban J connectivity index is 1.78. The largest absolute Gasteiger partial charge is 0.384 e. The maximum atomic E-state index is 12.9. The first-order chi connectivity index (χ1) is 10.2. The number of carbonyl (C=O) groups excluding carboxylic acids is 1. The van der Waals surface area contributed by atoms with Crippen molar-refractivity contribution < 1.29 is 4.79 Å². The molecular formula is C18H26N2O. The van der Waals surface area contributed by atoms with E-state index in [-0.39, 0.29) is 6.04 Å². The molecule has 2 unspecified atom stereocenters. The number of fused-ring (bicyclic) bond motifs is 1. The summed E-state index contributed by atoms with van der Waals surface area (Å²) in [6, 6.07) is 6.23. The highest BCUT2D eigenvalue weighted by molar-refractivity contribution is 6.00. The lowest BCUT2D eigenvalue weighted by Crippen LogP contribution is -2.46. The summed E-state index contributed by atoms with van der Waals surface area (Å²) >= 11 is 0. The maximum Gasteiger partial charge on any atom is 0.179 e. The second-order valence-electron chi connectivity index (χ2n) is 6.58. The highest BCUT2D eigenvalue weighted by atomic mass is 16.1. The zero-order valence-corrected chi connectivity index (χ0v) is 13.2. The number of carbonyl (C=O) groups is 1. The van der Waals surface area contributed by atoms with Gasteiger partial charge in [-0.25, -0.2) is 0 Å². The number of piperidine rings is 1. The minimum atomic E-state index is 0.0557. The topological polar surface area (TPSA) is 32.3 Å². The number of Topliss-reactive ketones (excluding diaryl/α,β-unsaturated/α-hetero) is 1. The molecule has 1 aromatic carbocycles. The molecule has 1 aromatic rings. The first kappa shape index (κ1) is 14.6. The Hall–Kier alpha value is -1.35. The van der Waals surface area contributed by atoms with Crippen LogP contribution in [-0.4, -0.2) is 36.4 Å². The van der Waals surface area contributed by atoms with Crippen LogP contribution in [0.15, 0.2) is 18.2 Å². The highest BCUT2D eigenvalue weighted by Crippen LogP contribution is 2.26. The number of likely N-dealkylation sites (tertiary alicyclic amines) is 1. The van der Waals surface area contributed by atoms with Gasteiger partial charge in [-0.15, -0.1) is 0 Å². The molecule has 2 aliphatic rings. The van der Waals surface area contributed by atoms with Gasteiger partial charge in [0.2, 0.25) is 0 Å². The van der Waals surface area contributed by atoms with Gasteiger partial charge >= 0.3 is 0 Å². The van der Waals surface area contributed by atoms with E-state index in [2.05, 4.69) is 36.2 Å². The highest BCUT2D eigenvalue weighted by Gasteiger charge is 2.29. The van der Waals surface area contributed by atoms with E-state index in [1.54, 1.807) is 0 Å². The van der Waals surface area contributed by atoms with E-state index in [0.29, 0.717) is 11.7 Å². The number of hydrogen-bond donors (Lipinski definition) is 1. The molecule has 1 N–H and O–H groups in total. The van der Waals surface area contributed by atoms with Crippen LogP contribution >= 0.6 is 0 Å². The Morgan fingerprint density at radius 3 is 3.10 bits per heavy atom. The molecule has 3 nitrogen and oxygen atoms in total. The molecule has 0 spiro atoms. The lowest BCUT2D eigenvalue weighted by atomic mass is 9.93. The maximum absolute atomic E-state index is 12.9. The van der Waals surface area contributed by atoms with Gasteiger partial charge in [-0.3, -0.25) is 9.69 Å². The fourth-order valence-corrected chi connectivity index (χ4v) is 3.77. The summed E-state index contributed by atoms with van der Waals surface area (Å²) in [5.74, 6) is 1.02. The lowest BCUT2D eigenvalue weighted by Gasteiger charge is -2.36. The second-order valence-corrected chi connectivity index (χ2v) is 6.58. The Bertz CT molecular complexity index is 526. The molecule has 1 fully saturated rings. The smallest absolute Gasteiger partial charge is 0.179 e. The first-order valence-corrected chi connectivity index (χ1v) is 8.34. The zero-order chi connectivity index (χ0) is 14.8. The normalized spacial score (nSPS) is 23.4. The van der Waals surface area contributed by atoms with Crippen LogP contribution in [0.3, 0.4) is 0 Å². The van der Waals surface area contributed by atoms with Crippen LogP contribution in [0.1, 0.15) is 49.0 Å². The van der Waals surface area contributed by atoms with Crippen molar-refractivity contribution in [3.05, 3.63) is 29.3 Å². The molecule has 2 heterocycles. The van der Waals surface area contributed by atoms with Crippen molar-refractivity contribution in [2.75, 3.05) is 25.0 Å². The van der Waals surface area contributed by atoms with Gasteiger partial charge in [0.15, 0.2) is 5.78 Å². The number of hydrogen-bond acceptors (Lipinski definition) is 3. The van der Waals surface area contributed by atoms with Gasteiger partial charge in [-0.2, -0.15) is 0 Å². The van der Waals surface area contributed by atoms with Crippen LogP contribution in [0.4, 0.5) is 5.69 Å². The molecule has 3 rings (SSSR count). The van der Waals surface area contributed by atoms with Gasteiger partial charge < -0.3 is 5.32 Å².